The van der Waals surface area contributed by atoms with Crippen LogP contribution in [0.1, 0.15) is 10.4 Å². The van der Waals surface area contributed by atoms with E-state index in [-0.39, 0.29) is 5.97 Å². The van der Waals surface area contributed by atoms with Crippen LogP contribution in [-0.2, 0) is 4.74 Å². The standard InChI is InChI=1S/C13H11IO3/c1-16-11-7-6-8-9(12(11)14)4-3-5-10(8)13(15)17-2/h3-7H,1-2H3. The minimum Gasteiger partial charge on any atom is -0.496 e. The van der Waals surface area contributed by atoms with Crippen LogP contribution in [0.15, 0.2) is 30.3 Å². The number of benzene rings is 2. The summed E-state index contributed by atoms with van der Waals surface area (Å²) in [6, 6.07) is 9.30. The molecule has 88 valence electrons. The van der Waals surface area contributed by atoms with Crippen molar-refractivity contribution in [3.63, 3.8) is 0 Å². The van der Waals surface area contributed by atoms with E-state index in [1.807, 2.05) is 24.3 Å². The summed E-state index contributed by atoms with van der Waals surface area (Å²) < 4.78 is 11.0. The molecular weight excluding hydrogens is 331 g/mol. The Morgan fingerprint density at radius 3 is 2.53 bits per heavy atom. The van der Waals surface area contributed by atoms with E-state index in [4.69, 9.17) is 9.47 Å². The van der Waals surface area contributed by atoms with E-state index in [1.165, 1.54) is 7.11 Å². The van der Waals surface area contributed by atoms with Crippen molar-refractivity contribution in [1.29, 1.82) is 0 Å². The van der Waals surface area contributed by atoms with E-state index in [2.05, 4.69) is 22.6 Å². The maximum absolute atomic E-state index is 11.6. The largest absolute Gasteiger partial charge is 0.496 e. The van der Waals surface area contributed by atoms with Crippen molar-refractivity contribution >= 4 is 39.3 Å². The molecule has 2 aromatic carbocycles. The lowest BCUT2D eigenvalue weighted by atomic mass is 10.0. The summed E-state index contributed by atoms with van der Waals surface area (Å²) in [4.78, 5) is 11.6. The molecule has 0 aromatic heterocycles. The third-order valence-electron chi connectivity index (χ3n) is 2.59. The second kappa shape index (κ2) is 4.91. The fourth-order valence-electron chi connectivity index (χ4n) is 1.75. The minimum absolute atomic E-state index is 0.323. The minimum atomic E-state index is -0.323. The maximum Gasteiger partial charge on any atom is 0.338 e. The molecule has 0 fully saturated rings. The molecule has 0 bridgehead atoms. The van der Waals surface area contributed by atoms with Crippen LogP contribution in [0.25, 0.3) is 10.8 Å². The number of carbonyl (C=O) groups is 1. The summed E-state index contributed by atoms with van der Waals surface area (Å²) >= 11 is 2.21. The van der Waals surface area contributed by atoms with Crippen LogP contribution in [0.3, 0.4) is 0 Å². The summed E-state index contributed by atoms with van der Waals surface area (Å²) in [6.07, 6.45) is 0. The van der Waals surface area contributed by atoms with Crippen LogP contribution >= 0.6 is 22.6 Å². The summed E-state index contributed by atoms with van der Waals surface area (Å²) in [5.41, 5.74) is 0.575. The molecule has 0 saturated heterocycles. The van der Waals surface area contributed by atoms with Crippen molar-refractivity contribution < 1.29 is 14.3 Å². The molecule has 0 amide bonds. The van der Waals surface area contributed by atoms with Gasteiger partial charge in [0.15, 0.2) is 0 Å². The first-order chi connectivity index (χ1) is 8.19. The van der Waals surface area contributed by atoms with Crippen LogP contribution in [-0.4, -0.2) is 20.2 Å². The lowest BCUT2D eigenvalue weighted by Crippen LogP contribution is -2.02. The lowest BCUT2D eigenvalue weighted by molar-refractivity contribution is 0.0603. The normalized spacial score (nSPS) is 10.3. The molecule has 0 N–H and O–H groups in total. The topological polar surface area (TPSA) is 35.5 Å². The molecule has 2 rings (SSSR count). The summed E-state index contributed by atoms with van der Waals surface area (Å²) in [6.45, 7) is 0. The third-order valence-corrected chi connectivity index (χ3v) is 3.70. The Morgan fingerprint density at radius 1 is 1.12 bits per heavy atom. The Labute approximate surface area is 113 Å². The first-order valence-electron chi connectivity index (χ1n) is 5.02. The average molecular weight is 342 g/mol. The van der Waals surface area contributed by atoms with Crippen LogP contribution < -0.4 is 4.74 Å². The second-order valence-corrected chi connectivity index (χ2v) is 4.55. The van der Waals surface area contributed by atoms with Gasteiger partial charge in [-0.05, 0) is 51.6 Å². The molecular formula is C13H11IO3. The number of rotatable bonds is 2. The SMILES string of the molecule is COC(=O)c1cccc2c(I)c(OC)ccc12. The first-order valence-corrected chi connectivity index (χ1v) is 6.10. The van der Waals surface area contributed by atoms with Gasteiger partial charge >= 0.3 is 5.97 Å². The van der Waals surface area contributed by atoms with Gasteiger partial charge in [0, 0.05) is 0 Å². The molecule has 0 radical (unpaired) electrons. The van der Waals surface area contributed by atoms with Crippen molar-refractivity contribution in [3.05, 3.63) is 39.5 Å². The number of ether oxygens (including phenoxy) is 2. The zero-order valence-corrected chi connectivity index (χ0v) is 11.6. The molecule has 0 aliphatic carbocycles. The Morgan fingerprint density at radius 2 is 1.88 bits per heavy atom. The Hall–Kier alpha value is -1.30. The van der Waals surface area contributed by atoms with Gasteiger partial charge in [-0.15, -0.1) is 0 Å². The van der Waals surface area contributed by atoms with E-state index >= 15 is 0 Å². The molecule has 0 saturated carbocycles. The molecule has 3 nitrogen and oxygen atoms in total. The highest BCUT2D eigenvalue weighted by molar-refractivity contribution is 14.1. The summed E-state index contributed by atoms with van der Waals surface area (Å²) in [7, 11) is 3.02. The Kier molecular flexibility index (Phi) is 3.51. The van der Waals surface area contributed by atoms with E-state index in [1.54, 1.807) is 13.2 Å². The molecule has 0 aliphatic heterocycles. The lowest BCUT2D eigenvalue weighted by Gasteiger charge is -2.09. The van der Waals surface area contributed by atoms with E-state index < -0.39 is 0 Å². The molecule has 17 heavy (non-hydrogen) atoms. The van der Waals surface area contributed by atoms with E-state index in [0.29, 0.717) is 5.56 Å². The van der Waals surface area contributed by atoms with E-state index in [0.717, 1.165) is 20.1 Å². The monoisotopic (exact) mass is 342 g/mol. The molecule has 4 heteroatoms. The highest BCUT2D eigenvalue weighted by Crippen LogP contribution is 2.31. The highest BCUT2D eigenvalue weighted by atomic mass is 127. The van der Waals surface area contributed by atoms with Crippen molar-refractivity contribution in [1.82, 2.24) is 0 Å². The Balaban J connectivity index is 2.75. The molecule has 2 aromatic rings. The third kappa shape index (κ3) is 2.09. The average Bonchev–Trinajstić information content (AvgIpc) is 2.38. The van der Waals surface area contributed by atoms with Crippen LogP contribution in [0.2, 0.25) is 0 Å². The van der Waals surface area contributed by atoms with Gasteiger partial charge < -0.3 is 9.47 Å². The number of carbonyl (C=O) groups excluding carboxylic acids is 1. The number of halogens is 1. The van der Waals surface area contributed by atoms with Gasteiger partial charge in [0.1, 0.15) is 5.75 Å². The number of hydrogen-bond acceptors (Lipinski definition) is 3. The number of hydrogen-bond donors (Lipinski definition) is 0. The van der Waals surface area contributed by atoms with Gasteiger partial charge in [-0.3, -0.25) is 0 Å². The summed E-state index contributed by atoms with van der Waals surface area (Å²) in [5.74, 6) is 0.483. The fraction of sp³-hybridized carbons (Fsp3) is 0.154. The molecule has 0 heterocycles. The second-order valence-electron chi connectivity index (χ2n) is 3.47. The smallest absolute Gasteiger partial charge is 0.338 e. The van der Waals surface area contributed by atoms with Gasteiger partial charge in [-0.25, -0.2) is 4.79 Å². The van der Waals surface area contributed by atoms with Gasteiger partial charge in [-0.1, -0.05) is 12.1 Å². The first kappa shape index (κ1) is 12.2. The van der Waals surface area contributed by atoms with Crippen LogP contribution in [0.5, 0.6) is 5.75 Å². The van der Waals surface area contributed by atoms with Crippen molar-refractivity contribution in [2.75, 3.05) is 14.2 Å². The maximum atomic E-state index is 11.6. The molecule has 0 spiro atoms. The number of fused-ring (bicyclic) bond motifs is 1. The zero-order chi connectivity index (χ0) is 12.4. The fourth-order valence-corrected chi connectivity index (χ4v) is 2.62. The highest BCUT2D eigenvalue weighted by Gasteiger charge is 2.13. The zero-order valence-electron chi connectivity index (χ0n) is 9.49. The van der Waals surface area contributed by atoms with Gasteiger partial charge in [0.05, 0.1) is 23.4 Å². The summed E-state index contributed by atoms with van der Waals surface area (Å²) in [5, 5.41) is 1.87. The predicted octanol–water partition coefficient (Wildman–Crippen LogP) is 3.24. The van der Waals surface area contributed by atoms with E-state index in [9.17, 15) is 4.79 Å². The quantitative estimate of drug-likeness (QED) is 0.621. The molecule has 0 unspecified atom stereocenters. The Bertz CT molecular complexity index is 578. The number of esters is 1. The van der Waals surface area contributed by atoms with Crippen molar-refractivity contribution in [3.8, 4) is 5.75 Å². The van der Waals surface area contributed by atoms with Gasteiger partial charge in [0.25, 0.3) is 0 Å². The van der Waals surface area contributed by atoms with Crippen LogP contribution in [0.4, 0.5) is 0 Å². The molecule has 0 aliphatic rings. The predicted molar refractivity (Wildman–Crippen MR) is 74.6 cm³/mol. The van der Waals surface area contributed by atoms with Crippen molar-refractivity contribution in [2.45, 2.75) is 0 Å². The van der Waals surface area contributed by atoms with Gasteiger partial charge in [-0.2, -0.15) is 0 Å². The van der Waals surface area contributed by atoms with Crippen molar-refractivity contribution in [2.24, 2.45) is 0 Å². The van der Waals surface area contributed by atoms with Gasteiger partial charge in [0.2, 0.25) is 0 Å². The van der Waals surface area contributed by atoms with Crippen LogP contribution in [0, 0.1) is 3.57 Å². The number of methoxy groups -OCH3 is 2. The molecule has 0 atom stereocenters.